The first-order valence-electron chi connectivity index (χ1n) is 7.40. The minimum absolute atomic E-state index is 0.188. The number of benzene rings is 2. The summed E-state index contributed by atoms with van der Waals surface area (Å²) in [5, 5.41) is 0.777. The molecule has 1 aliphatic rings. The van der Waals surface area contributed by atoms with Gasteiger partial charge in [0.2, 0.25) is 0 Å². The van der Waals surface area contributed by atoms with Crippen molar-refractivity contribution >= 4 is 43.2 Å². The number of halogens is 3. The lowest BCUT2D eigenvalue weighted by atomic mass is 10.2. The van der Waals surface area contributed by atoms with Gasteiger partial charge in [-0.2, -0.15) is 8.42 Å². The van der Waals surface area contributed by atoms with Crippen LogP contribution in [-0.4, -0.2) is 20.3 Å². The van der Waals surface area contributed by atoms with E-state index in [0.29, 0.717) is 30.4 Å². The molecule has 0 saturated carbocycles. The van der Waals surface area contributed by atoms with E-state index < -0.39 is 21.8 Å². The molecule has 0 aliphatic carbocycles. The molecular weight excluding hydrogens is 402 g/mol. The molecule has 0 aromatic heterocycles. The van der Waals surface area contributed by atoms with Crippen LogP contribution < -0.4 is 8.61 Å². The summed E-state index contributed by atoms with van der Waals surface area (Å²) < 4.78 is 55.5. The molecule has 1 aliphatic heterocycles. The highest BCUT2D eigenvalue weighted by Gasteiger charge is 2.41. The topological polar surface area (TPSA) is 40.6 Å². The highest BCUT2D eigenvalue weighted by Crippen LogP contribution is 2.45. The molecule has 4 nitrogen and oxygen atoms in total. The van der Waals surface area contributed by atoms with Crippen LogP contribution in [0.25, 0.3) is 0 Å². The summed E-state index contributed by atoms with van der Waals surface area (Å²) in [6.07, 6.45) is 1.48. The number of fused-ring (bicyclic) bond motifs is 1. The Bertz CT molecular complexity index is 861. The van der Waals surface area contributed by atoms with Crippen molar-refractivity contribution in [3.63, 3.8) is 0 Å². The van der Waals surface area contributed by atoms with Gasteiger partial charge >= 0.3 is 10.2 Å². The fourth-order valence-electron chi connectivity index (χ4n) is 2.68. The third kappa shape index (κ3) is 2.88. The van der Waals surface area contributed by atoms with Crippen molar-refractivity contribution in [2.45, 2.75) is 12.8 Å². The second-order valence-electron chi connectivity index (χ2n) is 5.32. The lowest BCUT2D eigenvalue weighted by Gasteiger charge is -2.22. The van der Waals surface area contributed by atoms with Gasteiger partial charge in [-0.1, -0.05) is 28.1 Å². The monoisotopic (exact) mass is 416 g/mol. The molecule has 1 heterocycles. The van der Waals surface area contributed by atoms with Gasteiger partial charge in [0, 0.05) is 17.9 Å². The van der Waals surface area contributed by atoms with Gasteiger partial charge in [0.1, 0.15) is 5.82 Å². The number of rotatable bonds is 5. The van der Waals surface area contributed by atoms with Crippen molar-refractivity contribution in [2.75, 3.05) is 20.5 Å². The predicted octanol–water partition coefficient (Wildman–Crippen LogP) is 4.34. The molecule has 3 rings (SSSR count). The summed E-state index contributed by atoms with van der Waals surface area (Å²) in [5.74, 6) is -1.68. The van der Waals surface area contributed by atoms with Gasteiger partial charge in [-0.3, -0.25) is 4.31 Å². The second-order valence-corrected chi connectivity index (χ2v) is 7.82. The van der Waals surface area contributed by atoms with Crippen LogP contribution in [0.3, 0.4) is 0 Å². The summed E-state index contributed by atoms with van der Waals surface area (Å²) in [4.78, 5) is 0. The largest absolute Gasteiger partial charge is 0.331 e. The Morgan fingerprint density at radius 1 is 0.958 bits per heavy atom. The Kier molecular flexibility index (Phi) is 4.78. The number of nitrogens with zero attached hydrogens (tertiary/aromatic N) is 2. The SMILES string of the molecule is O=S1(=O)N(CCCCBr)c2ccccc2N1c1ccc(F)cc1F. The molecule has 0 radical (unpaired) electrons. The molecule has 0 unspecified atom stereocenters. The summed E-state index contributed by atoms with van der Waals surface area (Å²) >= 11 is 3.32. The van der Waals surface area contributed by atoms with Crippen LogP contribution in [-0.2, 0) is 10.2 Å². The molecule has 0 bridgehead atoms. The van der Waals surface area contributed by atoms with Crippen LogP contribution in [0.5, 0.6) is 0 Å². The van der Waals surface area contributed by atoms with E-state index in [1.807, 2.05) is 0 Å². The molecule has 0 fully saturated rings. The highest BCUT2D eigenvalue weighted by atomic mass is 79.9. The zero-order chi connectivity index (χ0) is 17.3. The number of anilines is 3. The molecule has 0 saturated heterocycles. The van der Waals surface area contributed by atoms with E-state index in [-0.39, 0.29) is 5.69 Å². The molecule has 0 atom stereocenters. The maximum Gasteiger partial charge on any atom is 0.331 e. The Balaban J connectivity index is 2.10. The van der Waals surface area contributed by atoms with E-state index in [2.05, 4.69) is 15.9 Å². The number of hydrogen-bond donors (Lipinski definition) is 0. The van der Waals surface area contributed by atoms with Crippen molar-refractivity contribution < 1.29 is 17.2 Å². The van der Waals surface area contributed by atoms with E-state index in [0.717, 1.165) is 28.2 Å². The normalized spacial score (nSPS) is 15.6. The Morgan fingerprint density at radius 2 is 1.67 bits per heavy atom. The van der Waals surface area contributed by atoms with Gasteiger partial charge in [-0.05, 0) is 37.1 Å². The quantitative estimate of drug-likeness (QED) is 0.537. The highest BCUT2D eigenvalue weighted by molar-refractivity contribution is 9.09. The fraction of sp³-hybridized carbons (Fsp3) is 0.250. The van der Waals surface area contributed by atoms with Crippen molar-refractivity contribution in [3.8, 4) is 0 Å². The fourth-order valence-corrected chi connectivity index (χ4v) is 4.84. The first kappa shape index (κ1) is 17.2. The van der Waals surface area contributed by atoms with E-state index in [4.69, 9.17) is 0 Å². The maximum absolute atomic E-state index is 14.2. The summed E-state index contributed by atoms with van der Waals surface area (Å²) in [5.41, 5.74) is 0.671. The van der Waals surface area contributed by atoms with Crippen LogP contribution in [0, 0.1) is 11.6 Å². The van der Waals surface area contributed by atoms with Crippen molar-refractivity contribution in [1.29, 1.82) is 0 Å². The first-order valence-corrected chi connectivity index (χ1v) is 9.91. The Hall–Kier alpha value is -1.67. The molecule has 0 amide bonds. The van der Waals surface area contributed by atoms with Gasteiger partial charge in [0.05, 0.1) is 17.1 Å². The average Bonchev–Trinajstić information content (AvgIpc) is 2.76. The standard InChI is InChI=1S/C16H15BrF2N2O2S/c17-9-3-4-10-20-15-5-1-2-6-16(15)21(24(20,22)23)14-8-7-12(18)11-13(14)19/h1-2,5-8,11H,3-4,9-10H2. The van der Waals surface area contributed by atoms with E-state index >= 15 is 0 Å². The maximum atomic E-state index is 14.2. The van der Waals surface area contributed by atoms with Gasteiger partial charge in [-0.15, -0.1) is 0 Å². The molecule has 2 aromatic rings. The lowest BCUT2D eigenvalue weighted by molar-refractivity contribution is 0.578. The van der Waals surface area contributed by atoms with Crippen molar-refractivity contribution in [3.05, 3.63) is 54.1 Å². The summed E-state index contributed by atoms with van der Waals surface area (Å²) in [6.45, 7) is 0.296. The molecular formula is C16H15BrF2N2O2S. The first-order chi connectivity index (χ1) is 11.5. The van der Waals surface area contributed by atoms with Gasteiger partial charge in [0.15, 0.2) is 5.82 Å². The number of hydrogen-bond acceptors (Lipinski definition) is 2. The summed E-state index contributed by atoms with van der Waals surface area (Å²) in [7, 11) is -3.97. The minimum Gasteiger partial charge on any atom is -0.251 e. The predicted molar refractivity (Wildman–Crippen MR) is 94.2 cm³/mol. The molecule has 128 valence electrons. The van der Waals surface area contributed by atoms with Crippen molar-refractivity contribution in [2.24, 2.45) is 0 Å². The molecule has 0 N–H and O–H groups in total. The van der Waals surface area contributed by atoms with Gasteiger partial charge < -0.3 is 0 Å². The second kappa shape index (κ2) is 6.68. The van der Waals surface area contributed by atoms with Crippen LogP contribution in [0.4, 0.5) is 25.8 Å². The van der Waals surface area contributed by atoms with E-state index in [1.165, 1.54) is 4.31 Å². The third-order valence-electron chi connectivity index (χ3n) is 3.75. The van der Waals surface area contributed by atoms with Crippen LogP contribution >= 0.6 is 15.9 Å². The van der Waals surface area contributed by atoms with E-state index in [9.17, 15) is 17.2 Å². The average molecular weight is 417 g/mol. The van der Waals surface area contributed by atoms with Crippen LogP contribution in [0.1, 0.15) is 12.8 Å². The smallest absolute Gasteiger partial charge is 0.251 e. The van der Waals surface area contributed by atoms with E-state index in [1.54, 1.807) is 24.3 Å². The van der Waals surface area contributed by atoms with Crippen molar-refractivity contribution in [1.82, 2.24) is 0 Å². The zero-order valence-electron chi connectivity index (χ0n) is 12.6. The number of unbranched alkanes of at least 4 members (excludes halogenated alkanes) is 1. The minimum atomic E-state index is -3.97. The molecule has 2 aromatic carbocycles. The van der Waals surface area contributed by atoms with Crippen LogP contribution in [0.15, 0.2) is 42.5 Å². The van der Waals surface area contributed by atoms with Gasteiger partial charge in [0.25, 0.3) is 0 Å². The van der Waals surface area contributed by atoms with Crippen LogP contribution in [0.2, 0.25) is 0 Å². The van der Waals surface area contributed by atoms with Gasteiger partial charge in [-0.25, -0.2) is 13.1 Å². The summed E-state index contributed by atoms with van der Waals surface area (Å²) in [6, 6.07) is 9.58. The number of para-hydroxylation sites is 2. The Labute approximate surface area is 148 Å². The molecule has 24 heavy (non-hydrogen) atoms. The Morgan fingerprint density at radius 3 is 2.33 bits per heavy atom. The third-order valence-corrected chi connectivity index (χ3v) is 6.10. The zero-order valence-corrected chi connectivity index (χ0v) is 15.0. The molecule has 8 heteroatoms. The lowest BCUT2D eigenvalue weighted by Crippen LogP contribution is -2.36. The number of alkyl halides is 1. The molecule has 0 spiro atoms.